The van der Waals surface area contributed by atoms with Crippen molar-refractivity contribution >= 4 is 24.2 Å². The molecule has 0 saturated carbocycles. The van der Waals surface area contributed by atoms with Crippen molar-refractivity contribution in [2.75, 3.05) is 26.2 Å². The first-order chi connectivity index (χ1) is 13.2. The van der Waals surface area contributed by atoms with E-state index in [4.69, 9.17) is 0 Å². The highest BCUT2D eigenvalue weighted by molar-refractivity contribution is 5.88. The van der Waals surface area contributed by atoms with Crippen LogP contribution in [0.4, 0.5) is 0 Å². The van der Waals surface area contributed by atoms with Gasteiger partial charge in [-0.2, -0.15) is 0 Å². The van der Waals surface area contributed by atoms with Crippen LogP contribution in [0.2, 0.25) is 0 Å². The van der Waals surface area contributed by atoms with E-state index in [1.54, 1.807) is 0 Å². The first kappa shape index (κ1) is 27.2. The van der Waals surface area contributed by atoms with Gasteiger partial charge in [-0.25, -0.2) is 0 Å². The second kappa shape index (κ2) is 18.2. The summed E-state index contributed by atoms with van der Waals surface area (Å²) in [6.45, 7) is 7.11. The summed E-state index contributed by atoms with van der Waals surface area (Å²) in [6, 6.07) is 0. The van der Waals surface area contributed by atoms with Crippen molar-refractivity contribution in [2.24, 2.45) is 11.8 Å². The van der Waals surface area contributed by atoms with Crippen LogP contribution in [0, 0.1) is 11.8 Å². The van der Waals surface area contributed by atoms with Gasteiger partial charge in [0.05, 0.1) is 11.8 Å². The van der Waals surface area contributed by atoms with E-state index in [2.05, 4.69) is 29.8 Å². The Kier molecular flexibility index (Phi) is 17.7. The lowest BCUT2D eigenvalue weighted by molar-refractivity contribution is -0.132. The average Bonchev–Trinajstić information content (AvgIpc) is 3.16. The molecule has 0 bridgehead atoms. The van der Waals surface area contributed by atoms with Crippen LogP contribution in [0.1, 0.15) is 90.9 Å². The molecule has 1 aliphatic rings. The summed E-state index contributed by atoms with van der Waals surface area (Å²) in [6.07, 6.45) is 14.6. The molecule has 1 aliphatic heterocycles. The predicted molar refractivity (Wildman–Crippen MR) is 120 cm³/mol. The van der Waals surface area contributed by atoms with E-state index in [9.17, 15) is 9.59 Å². The van der Waals surface area contributed by atoms with Gasteiger partial charge in [0, 0.05) is 26.2 Å². The molecule has 0 aromatic carbocycles. The highest BCUT2D eigenvalue weighted by Gasteiger charge is 2.37. The molecule has 1 rings (SSSR count). The molecule has 2 unspecified atom stereocenters. The first-order valence-electron chi connectivity index (χ1n) is 11.5. The van der Waals surface area contributed by atoms with Gasteiger partial charge in [-0.05, 0) is 12.8 Å². The van der Waals surface area contributed by atoms with E-state index >= 15 is 0 Å². The number of hydrogen-bond donors (Lipinski definition) is 3. The fraction of sp³-hybridized carbons (Fsp3) is 0.909. The normalized spacial score (nSPS) is 18.5. The maximum atomic E-state index is 12.4. The maximum absolute atomic E-state index is 12.4. The van der Waals surface area contributed by atoms with Crippen LogP contribution >= 0.6 is 12.4 Å². The predicted octanol–water partition coefficient (Wildman–Crippen LogP) is 4.20. The molecule has 28 heavy (non-hydrogen) atoms. The van der Waals surface area contributed by atoms with Crippen molar-refractivity contribution < 1.29 is 9.59 Å². The largest absolute Gasteiger partial charge is 0.356 e. The smallest absolute Gasteiger partial charge is 0.225 e. The number of hydrogen-bond acceptors (Lipinski definition) is 3. The van der Waals surface area contributed by atoms with Crippen LogP contribution in [0.3, 0.4) is 0 Å². The Balaban J connectivity index is 0.00000729. The van der Waals surface area contributed by atoms with Gasteiger partial charge in [-0.3, -0.25) is 9.59 Å². The molecule has 1 heterocycles. The first-order valence-corrected chi connectivity index (χ1v) is 11.5. The highest BCUT2D eigenvalue weighted by atomic mass is 35.5. The summed E-state index contributed by atoms with van der Waals surface area (Å²) in [5.41, 5.74) is 0. The van der Waals surface area contributed by atoms with Crippen LogP contribution in [-0.4, -0.2) is 38.0 Å². The molecule has 2 amide bonds. The minimum Gasteiger partial charge on any atom is -0.356 e. The molecule has 2 atom stereocenters. The molecular formula is C22H44ClN3O2. The SMILES string of the molecule is CCCCCCCCNC(=O)C1CNCC1C(=O)NCCCCCCCC.Cl. The quantitative estimate of drug-likeness (QED) is 0.329. The van der Waals surface area contributed by atoms with Crippen molar-refractivity contribution in [3.8, 4) is 0 Å². The Morgan fingerprint density at radius 3 is 1.43 bits per heavy atom. The van der Waals surface area contributed by atoms with E-state index in [0.29, 0.717) is 13.1 Å². The standard InChI is InChI=1S/C22H43N3O2.ClH/c1-3-5-7-9-11-13-15-24-21(26)19-17-23-18-20(19)22(27)25-16-14-12-10-8-6-4-2;/h19-20,23H,3-18H2,1-2H3,(H,24,26)(H,25,27);1H. The van der Waals surface area contributed by atoms with Crippen molar-refractivity contribution in [3.63, 3.8) is 0 Å². The van der Waals surface area contributed by atoms with Gasteiger partial charge in [-0.15, -0.1) is 12.4 Å². The lowest BCUT2D eigenvalue weighted by Crippen LogP contribution is -2.42. The molecule has 6 heteroatoms. The number of carbonyl (C=O) groups excluding carboxylic acids is 2. The molecule has 1 fully saturated rings. The summed E-state index contributed by atoms with van der Waals surface area (Å²) < 4.78 is 0. The van der Waals surface area contributed by atoms with Crippen LogP contribution in [0.15, 0.2) is 0 Å². The summed E-state index contributed by atoms with van der Waals surface area (Å²) >= 11 is 0. The molecule has 0 aromatic rings. The van der Waals surface area contributed by atoms with Gasteiger partial charge in [-0.1, -0.05) is 78.1 Å². The third-order valence-corrected chi connectivity index (χ3v) is 5.55. The van der Waals surface area contributed by atoms with E-state index in [-0.39, 0.29) is 36.1 Å². The molecule has 0 radical (unpaired) electrons. The molecular weight excluding hydrogens is 374 g/mol. The zero-order valence-electron chi connectivity index (χ0n) is 18.2. The molecule has 0 aromatic heterocycles. The van der Waals surface area contributed by atoms with Crippen LogP contribution in [-0.2, 0) is 9.59 Å². The van der Waals surface area contributed by atoms with Crippen molar-refractivity contribution in [3.05, 3.63) is 0 Å². The lowest BCUT2D eigenvalue weighted by Gasteiger charge is -2.18. The fourth-order valence-corrected chi connectivity index (χ4v) is 3.73. The van der Waals surface area contributed by atoms with Crippen LogP contribution < -0.4 is 16.0 Å². The number of amides is 2. The Labute approximate surface area is 179 Å². The molecule has 0 aliphatic carbocycles. The highest BCUT2D eigenvalue weighted by Crippen LogP contribution is 2.17. The number of halogens is 1. The fourth-order valence-electron chi connectivity index (χ4n) is 3.73. The van der Waals surface area contributed by atoms with Crippen molar-refractivity contribution in [1.82, 2.24) is 16.0 Å². The van der Waals surface area contributed by atoms with Crippen LogP contribution in [0.25, 0.3) is 0 Å². The Morgan fingerprint density at radius 2 is 1.04 bits per heavy atom. The van der Waals surface area contributed by atoms with E-state index in [1.165, 1.54) is 64.2 Å². The van der Waals surface area contributed by atoms with E-state index in [1.807, 2.05) is 0 Å². The van der Waals surface area contributed by atoms with Gasteiger partial charge in [0.25, 0.3) is 0 Å². The third-order valence-electron chi connectivity index (χ3n) is 5.55. The number of nitrogens with one attached hydrogen (secondary N) is 3. The number of rotatable bonds is 16. The Hall–Kier alpha value is -0.810. The maximum Gasteiger partial charge on any atom is 0.225 e. The summed E-state index contributed by atoms with van der Waals surface area (Å²) in [5, 5.41) is 9.29. The van der Waals surface area contributed by atoms with E-state index < -0.39 is 0 Å². The Bertz CT molecular complexity index is 371. The summed E-state index contributed by atoms with van der Waals surface area (Å²) in [5.74, 6) is -0.383. The average molecular weight is 418 g/mol. The summed E-state index contributed by atoms with van der Waals surface area (Å²) in [7, 11) is 0. The summed E-state index contributed by atoms with van der Waals surface area (Å²) in [4.78, 5) is 24.9. The lowest BCUT2D eigenvalue weighted by atomic mass is 9.94. The van der Waals surface area contributed by atoms with Gasteiger partial charge >= 0.3 is 0 Å². The number of carbonyl (C=O) groups is 2. The van der Waals surface area contributed by atoms with Gasteiger partial charge in [0.15, 0.2) is 0 Å². The second-order valence-corrected chi connectivity index (χ2v) is 7.99. The van der Waals surface area contributed by atoms with Gasteiger partial charge < -0.3 is 16.0 Å². The zero-order valence-corrected chi connectivity index (χ0v) is 19.0. The topological polar surface area (TPSA) is 70.2 Å². The van der Waals surface area contributed by atoms with Crippen LogP contribution in [0.5, 0.6) is 0 Å². The minimum absolute atomic E-state index is 0. The Morgan fingerprint density at radius 1 is 0.679 bits per heavy atom. The monoisotopic (exact) mass is 417 g/mol. The molecule has 166 valence electrons. The minimum atomic E-state index is -0.227. The van der Waals surface area contributed by atoms with Gasteiger partial charge in [0.1, 0.15) is 0 Å². The molecule has 3 N–H and O–H groups in total. The zero-order chi connectivity index (χ0) is 19.7. The van der Waals surface area contributed by atoms with Crippen molar-refractivity contribution in [2.45, 2.75) is 90.9 Å². The molecule has 5 nitrogen and oxygen atoms in total. The molecule has 1 saturated heterocycles. The molecule has 0 spiro atoms. The van der Waals surface area contributed by atoms with Gasteiger partial charge in [0.2, 0.25) is 11.8 Å². The third kappa shape index (κ3) is 11.9. The number of unbranched alkanes of at least 4 members (excludes halogenated alkanes) is 10. The van der Waals surface area contributed by atoms with E-state index in [0.717, 1.165) is 25.9 Å². The second-order valence-electron chi connectivity index (χ2n) is 7.99. The van der Waals surface area contributed by atoms with Crippen molar-refractivity contribution in [1.29, 1.82) is 0 Å².